The summed E-state index contributed by atoms with van der Waals surface area (Å²) in [5.41, 5.74) is 1.26. The third kappa shape index (κ3) is 4.74. The Morgan fingerprint density at radius 1 is 1.10 bits per heavy atom. The second-order valence-corrected chi connectivity index (χ2v) is 6.56. The molecule has 1 heterocycles. The Bertz CT molecular complexity index is 1060. The van der Waals surface area contributed by atoms with Gasteiger partial charge < -0.3 is 14.8 Å². The van der Waals surface area contributed by atoms with E-state index in [1.807, 2.05) is 45.0 Å². The molecule has 1 amide bonds. The maximum absolute atomic E-state index is 12.5. The fraction of sp³-hybridized carbons (Fsp3) is 0.318. The van der Waals surface area contributed by atoms with Crippen molar-refractivity contribution in [2.45, 2.75) is 33.4 Å². The Balaban J connectivity index is 1.73. The van der Waals surface area contributed by atoms with Crippen LogP contribution in [-0.2, 0) is 11.3 Å². The molecule has 0 aliphatic carbocycles. The Morgan fingerprint density at radius 2 is 1.83 bits per heavy atom. The van der Waals surface area contributed by atoms with Crippen LogP contribution < -0.4 is 20.3 Å². The fourth-order valence-corrected chi connectivity index (χ4v) is 3.08. The van der Waals surface area contributed by atoms with Crippen molar-refractivity contribution in [1.29, 1.82) is 0 Å². The molecule has 3 rings (SSSR count). The summed E-state index contributed by atoms with van der Waals surface area (Å²) in [6, 6.07) is 12.4. The third-order valence-electron chi connectivity index (χ3n) is 4.49. The molecule has 0 aliphatic heterocycles. The van der Waals surface area contributed by atoms with E-state index in [9.17, 15) is 9.59 Å². The molecule has 0 saturated carbocycles. The van der Waals surface area contributed by atoms with Gasteiger partial charge in [-0.15, -0.1) is 0 Å². The summed E-state index contributed by atoms with van der Waals surface area (Å²) in [6.07, 6.45) is 1.40. The molecule has 0 aliphatic rings. The van der Waals surface area contributed by atoms with Crippen molar-refractivity contribution in [2.75, 3.05) is 13.2 Å². The smallest absolute Gasteiger partial charge is 0.261 e. The van der Waals surface area contributed by atoms with Crippen molar-refractivity contribution < 1.29 is 14.3 Å². The van der Waals surface area contributed by atoms with Gasteiger partial charge in [-0.3, -0.25) is 14.2 Å². The van der Waals surface area contributed by atoms with Crippen LogP contribution in [0.15, 0.2) is 53.6 Å². The molecule has 0 fully saturated rings. The number of rotatable bonds is 8. The SMILES string of the molecule is CCOc1ccc(C(C)NC(=O)Cn2cnc3ccccc3c2=O)cc1OCC. The third-order valence-corrected chi connectivity index (χ3v) is 4.49. The lowest BCUT2D eigenvalue weighted by Crippen LogP contribution is -2.34. The van der Waals surface area contributed by atoms with Gasteiger partial charge in [-0.1, -0.05) is 18.2 Å². The van der Waals surface area contributed by atoms with E-state index in [-0.39, 0.29) is 24.1 Å². The van der Waals surface area contributed by atoms with E-state index < -0.39 is 0 Å². The van der Waals surface area contributed by atoms with Gasteiger partial charge >= 0.3 is 0 Å². The minimum atomic E-state index is -0.275. The molecule has 1 aromatic heterocycles. The van der Waals surface area contributed by atoms with Gasteiger partial charge in [0.25, 0.3) is 5.56 Å². The number of nitrogens with one attached hydrogen (secondary N) is 1. The van der Waals surface area contributed by atoms with E-state index in [4.69, 9.17) is 9.47 Å². The predicted molar refractivity (Wildman–Crippen MR) is 111 cm³/mol. The zero-order chi connectivity index (χ0) is 20.8. The molecular weight excluding hydrogens is 370 g/mol. The average molecular weight is 395 g/mol. The van der Waals surface area contributed by atoms with Gasteiger partial charge in [0.15, 0.2) is 11.5 Å². The Kier molecular flexibility index (Phi) is 6.49. The van der Waals surface area contributed by atoms with Crippen molar-refractivity contribution in [2.24, 2.45) is 0 Å². The standard InChI is InChI=1S/C22H25N3O4/c1-4-28-19-11-10-16(12-20(19)29-5-2)15(3)24-21(26)13-25-14-23-18-9-7-6-8-17(18)22(25)27/h6-12,14-15H,4-5,13H2,1-3H3,(H,24,26). The summed E-state index contributed by atoms with van der Waals surface area (Å²) in [5, 5.41) is 3.41. The quantitative estimate of drug-likeness (QED) is 0.634. The second-order valence-electron chi connectivity index (χ2n) is 6.56. The Morgan fingerprint density at radius 3 is 2.59 bits per heavy atom. The van der Waals surface area contributed by atoms with Gasteiger partial charge in [0.1, 0.15) is 6.54 Å². The summed E-state index contributed by atoms with van der Waals surface area (Å²) >= 11 is 0. The molecule has 0 radical (unpaired) electrons. The second kappa shape index (κ2) is 9.23. The number of benzene rings is 2. The summed E-state index contributed by atoms with van der Waals surface area (Å²) in [5.74, 6) is 1.04. The number of para-hydroxylation sites is 1. The van der Waals surface area contributed by atoms with Crippen LogP contribution in [0.2, 0.25) is 0 Å². The highest BCUT2D eigenvalue weighted by Gasteiger charge is 2.14. The van der Waals surface area contributed by atoms with Gasteiger partial charge in [-0.05, 0) is 50.6 Å². The van der Waals surface area contributed by atoms with Crippen molar-refractivity contribution in [3.8, 4) is 11.5 Å². The van der Waals surface area contributed by atoms with E-state index in [0.717, 1.165) is 5.56 Å². The molecule has 0 spiro atoms. The first-order valence-electron chi connectivity index (χ1n) is 9.66. The fourth-order valence-electron chi connectivity index (χ4n) is 3.08. The van der Waals surface area contributed by atoms with Crippen LogP contribution in [0.3, 0.4) is 0 Å². The van der Waals surface area contributed by atoms with Crippen molar-refractivity contribution in [3.05, 3.63) is 64.7 Å². The van der Waals surface area contributed by atoms with Gasteiger partial charge in [-0.25, -0.2) is 4.98 Å². The van der Waals surface area contributed by atoms with E-state index >= 15 is 0 Å². The number of aromatic nitrogens is 2. The minimum absolute atomic E-state index is 0.101. The van der Waals surface area contributed by atoms with Crippen molar-refractivity contribution in [1.82, 2.24) is 14.9 Å². The number of ether oxygens (including phenoxy) is 2. The highest BCUT2D eigenvalue weighted by atomic mass is 16.5. The number of nitrogens with zero attached hydrogens (tertiary/aromatic N) is 2. The van der Waals surface area contributed by atoms with Gasteiger partial charge in [-0.2, -0.15) is 0 Å². The predicted octanol–water partition coefficient (Wildman–Crippen LogP) is 3.07. The monoisotopic (exact) mass is 395 g/mol. The van der Waals surface area contributed by atoms with E-state index in [1.165, 1.54) is 10.9 Å². The summed E-state index contributed by atoms with van der Waals surface area (Å²) in [6.45, 7) is 6.66. The van der Waals surface area contributed by atoms with Crippen LogP contribution in [0, 0.1) is 0 Å². The number of carbonyl (C=O) groups is 1. The van der Waals surface area contributed by atoms with Crippen LogP contribution in [0.5, 0.6) is 11.5 Å². The first-order valence-corrected chi connectivity index (χ1v) is 9.66. The molecule has 7 nitrogen and oxygen atoms in total. The van der Waals surface area contributed by atoms with Gasteiger partial charge in [0, 0.05) is 0 Å². The summed E-state index contributed by atoms with van der Waals surface area (Å²) in [7, 11) is 0. The molecule has 1 atom stereocenters. The van der Waals surface area contributed by atoms with Gasteiger partial charge in [0.05, 0.1) is 36.5 Å². The van der Waals surface area contributed by atoms with Crippen molar-refractivity contribution in [3.63, 3.8) is 0 Å². The normalized spacial score (nSPS) is 11.8. The van der Waals surface area contributed by atoms with Crippen molar-refractivity contribution >= 4 is 16.8 Å². The summed E-state index contributed by atoms with van der Waals surface area (Å²) < 4.78 is 12.5. The average Bonchev–Trinajstić information content (AvgIpc) is 2.72. The number of hydrogen-bond acceptors (Lipinski definition) is 5. The minimum Gasteiger partial charge on any atom is -0.490 e. The maximum atomic E-state index is 12.5. The zero-order valence-electron chi connectivity index (χ0n) is 16.8. The molecule has 152 valence electrons. The lowest BCUT2D eigenvalue weighted by molar-refractivity contribution is -0.122. The van der Waals surface area contributed by atoms with Crippen LogP contribution in [0.25, 0.3) is 10.9 Å². The summed E-state index contributed by atoms with van der Waals surface area (Å²) in [4.78, 5) is 29.3. The first-order chi connectivity index (χ1) is 14.0. The van der Waals surface area contributed by atoms with E-state index in [1.54, 1.807) is 18.2 Å². The molecule has 0 bridgehead atoms. The lowest BCUT2D eigenvalue weighted by atomic mass is 10.1. The Labute approximate surface area is 169 Å². The molecule has 1 unspecified atom stereocenters. The highest BCUT2D eigenvalue weighted by molar-refractivity contribution is 5.79. The Hall–Kier alpha value is -3.35. The van der Waals surface area contributed by atoms with Gasteiger partial charge in [0.2, 0.25) is 5.91 Å². The first kappa shape index (κ1) is 20.4. The largest absolute Gasteiger partial charge is 0.490 e. The van der Waals surface area contributed by atoms with E-state index in [2.05, 4.69) is 10.3 Å². The number of hydrogen-bond donors (Lipinski definition) is 1. The van der Waals surface area contributed by atoms with E-state index in [0.29, 0.717) is 35.6 Å². The molecule has 29 heavy (non-hydrogen) atoms. The molecule has 1 N–H and O–H groups in total. The maximum Gasteiger partial charge on any atom is 0.261 e. The number of amides is 1. The molecule has 0 saturated heterocycles. The van der Waals surface area contributed by atoms with Crippen LogP contribution in [0.4, 0.5) is 0 Å². The molecule has 3 aromatic rings. The highest BCUT2D eigenvalue weighted by Crippen LogP contribution is 2.30. The zero-order valence-corrected chi connectivity index (χ0v) is 16.8. The number of carbonyl (C=O) groups excluding carboxylic acids is 1. The van der Waals surface area contributed by atoms with Crippen LogP contribution >= 0.6 is 0 Å². The molecular formula is C22H25N3O4. The topological polar surface area (TPSA) is 82.5 Å². The van der Waals surface area contributed by atoms with Crippen LogP contribution in [-0.4, -0.2) is 28.7 Å². The molecule has 7 heteroatoms. The van der Waals surface area contributed by atoms with Crippen LogP contribution in [0.1, 0.15) is 32.4 Å². The molecule has 2 aromatic carbocycles. The number of fused-ring (bicyclic) bond motifs is 1. The lowest BCUT2D eigenvalue weighted by Gasteiger charge is -2.18.